The molecule has 2 nitrogen and oxygen atoms in total. The van der Waals surface area contributed by atoms with Gasteiger partial charge in [-0.15, -0.1) is 0 Å². The molecule has 0 fully saturated rings. The molecule has 2 heteroatoms. The summed E-state index contributed by atoms with van der Waals surface area (Å²) in [5.74, 6) is 0. The first-order valence-electron chi connectivity index (χ1n) is 18.5. The minimum atomic E-state index is 0.112. The summed E-state index contributed by atoms with van der Waals surface area (Å²) in [6.07, 6.45) is 2.38. The lowest BCUT2D eigenvalue weighted by Gasteiger charge is -2.42. The van der Waals surface area contributed by atoms with Gasteiger partial charge in [0.1, 0.15) is 0 Å². The highest BCUT2D eigenvalue weighted by atomic mass is 15.1. The second-order valence-corrected chi connectivity index (χ2v) is 15.3. The zero-order chi connectivity index (χ0) is 35.7. The topological polar surface area (TPSA) is 6.48 Å². The van der Waals surface area contributed by atoms with E-state index in [0.29, 0.717) is 0 Å². The molecular formula is C50H46N2. The molecule has 7 aromatic carbocycles. The van der Waals surface area contributed by atoms with Crippen molar-refractivity contribution in [3.05, 3.63) is 193 Å². The Balaban J connectivity index is 1.20. The number of hydrogen-bond acceptors (Lipinski definition) is 2. The van der Waals surface area contributed by atoms with Gasteiger partial charge < -0.3 is 9.80 Å². The first-order valence-corrected chi connectivity index (χ1v) is 18.5. The summed E-state index contributed by atoms with van der Waals surface area (Å²) in [6.45, 7) is 9.61. The number of nitrogens with zero attached hydrogens (tertiary/aromatic N) is 2. The largest absolute Gasteiger partial charge is 0.311 e. The monoisotopic (exact) mass is 674 g/mol. The van der Waals surface area contributed by atoms with Crippen molar-refractivity contribution < 1.29 is 0 Å². The molecule has 0 aromatic heterocycles. The van der Waals surface area contributed by atoms with Gasteiger partial charge in [-0.2, -0.15) is 0 Å². The van der Waals surface area contributed by atoms with Crippen LogP contribution in [-0.2, 0) is 10.8 Å². The molecule has 1 aliphatic rings. The van der Waals surface area contributed by atoms with Crippen molar-refractivity contribution in [2.24, 2.45) is 0 Å². The highest BCUT2D eigenvalue weighted by Gasteiger charge is 2.37. The van der Waals surface area contributed by atoms with Crippen LogP contribution in [0.4, 0.5) is 34.1 Å². The van der Waals surface area contributed by atoms with Gasteiger partial charge in [0.2, 0.25) is 0 Å². The Morgan fingerprint density at radius 2 is 0.673 bits per heavy atom. The summed E-state index contributed by atoms with van der Waals surface area (Å²) in [5, 5.41) is 0. The maximum absolute atomic E-state index is 2.46. The molecule has 0 heterocycles. The maximum Gasteiger partial charge on any atom is 0.0467 e. The van der Waals surface area contributed by atoms with Gasteiger partial charge in [0.15, 0.2) is 0 Å². The van der Waals surface area contributed by atoms with Gasteiger partial charge in [-0.1, -0.05) is 137 Å². The highest BCUT2D eigenvalue weighted by Crippen LogP contribution is 2.48. The fourth-order valence-electron chi connectivity index (χ4n) is 7.83. The number of para-hydroxylation sites is 2. The second kappa shape index (κ2) is 13.7. The fourth-order valence-corrected chi connectivity index (χ4v) is 7.83. The lowest BCUT2D eigenvalue weighted by Crippen LogP contribution is -2.34. The molecule has 0 amide bonds. The average Bonchev–Trinajstić information content (AvgIpc) is 3.19. The molecule has 52 heavy (non-hydrogen) atoms. The van der Waals surface area contributed by atoms with E-state index in [1.807, 2.05) is 0 Å². The Kier molecular flexibility index (Phi) is 8.77. The molecule has 0 saturated carbocycles. The summed E-state index contributed by atoms with van der Waals surface area (Å²) in [7, 11) is 0. The third-order valence-corrected chi connectivity index (χ3v) is 10.9. The van der Waals surface area contributed by atoms with Gasteiger partial charge in [-0.3, -0.25) is 0 Å². The Morgan fingerprint density at radius 1 is 0.308 bits per heavy atom. The summed E-state index contributed by atoms with van der Waals surface area (Å²) >= 11 is 0. The smallest absolute Gasteiger partial charge is 0.0467 e. The molecule has 0 bridgehead atoms. The first-order chi connectivity index (χ1) is 25.3. The minimum Gasteiger partial charge on any atom is -0.311 e. The van der Waals surface area contributed by atoms with Gasteiger partial charge in [-0.25, -0.2) is 0 Å². The van der Waals surface area contributed by atoms with E-state index in [9.17, 15) is 0 Å². The number of rotatable bonds is 8. The van der Waals surface area contributed by atoms with Crippen LogP contribution in [0.2, 0.25) is 0 Å². The number of anilines is 6. The predicted molar refractivity (Wildman–Crippen MR) is 222 cm³/mol. The van der Waals surface area contributed by atoms with Crippen LogP contribution in [0.15, 0.2) is 182 Å². The number of fused-ring (bicyclic) bond motifs is 1. The van der Waals surface area contributed by atoms with Crippen molar-refractivity contribution in [2.75, 3.05) is 9.80 Å². The quantitative estimate of drug-likeness (QED) is 0.158. The van der Waals surface area contributed by atoms with Crippen LogP contribution < -0.4 is 9.80 Å². The molecule has 0 spiro atoms. The highest BCUT2D eigenvalue weighted by molar-refractivity contribution is 5.83. The van der Waals surface area contributed by atoms with Gasteiger partial charge >= 0.3 is 0 Å². The van der Waals surface area contributed by atoms with Crippen LogP contribution in [0.5, 0.6) is 0 Å². The van der Waals surface area contributed by atoms with E-state index in [1.54, 1.807) is 0 Å². The molecule has 0 radical (unpaired) electrons. The molecule has 0 unspecified atom stereocenters. The molecule has 8 rings (SSSR count). The number of hydrogen-bond donors (Lipinski definition) is 0. The first kappa shape index (κ1) is 33.3. The average molecular weight is 675 g/mol. The van der Waals surface area contributed by atoms with Gasteiger partial charge in [0, 0.05) is 34.1 Å². The number of benzene rings is 7. The standard InChI is InChI=1S/C50H46N2/c1-49(2)33-34-50(3,4)48-36-46(31-32-47(48)49)52(44-27-23-38(24-28-44)37-15-8-5-9-16-37)45-22-14-17-40(35-45)39-25-29-43(30-26-39)51(41-18-10-6-11-19-41)42-20-12-7-13-21-42/h5-32,35-36H,33-34H2,1-4H3. The Morgan fingerprint density at radius 3 is 1.23 bits per heavy atom. The summed E-state index contributed by atoms with van der Waals surface area (Å²) in [5.41, 5.74) is 14.9. The van der Waals surface area contributed by atoms with E-state index >= 15 is 0 Å². The van der Waals surface area contributed by atoms with Gasteiger partial charge in [0.25, 0.3) is 0 Å². The van der Waals surface area contributed by atoms with Crippen LogP contribution in [-0.4, -0.2) is 0 Å². The van der Waals surface area contributed by atoms with Crippen molar-refractivity contribution in [1.82, 2.24) is 0 Å². The molecule has 7 aromatic rings. The third kappa shape index (κ3) is 6.53. The van der Waals surface area contributed by atoms with Crippen LogP contribution in [0.1, 0.15) is 51.7 Å². The van der Waals surface area contributed by atoms with Crippen molar-refractivity contribution in [1.29, 1.82) is 0 Å². The Bertz CT molecular complexity index is 2230. The SMILES string of the molecule is CC1(C)CCC(C)(C)c2cc(N(c3ccc(-c4ccccc4)cc3)c3cccc(-c4ccc(N(c5ccccc5)c5ccccc5)cc4)c3)ccc21. The summed E-state index contributed by atoms with van der Waals surface area (Å²) in [4.78, 5) is 4.73. The molecule has 1 aliphatic carbocycles. The van der Waals surface area contributed by atoms with Crippen molar-refractivity contribution in [2.45, 2.75) is 51.4 Å². The van der Waals surface area contributed by atoms with E-state index in [2.05, 4.69) is 219 Å². The van der Waals surface area contributed by atoms with E-state index < -0.39 is 0 Å². The van der Waals surface area contributed by atoms with E-state index in [0.717, 1.165) is 28.4 Å². The van der Waals surface area contributed by atoms with Crippen molar-refractivity contribution in [3.63, 3.8) is 0 Å². The van der Waals surface area contributed by atoms with Crippen LogP contribution >= 0.6 is 0 Å². The summed E-state index contributed by atoms with van der Waals surface area (Å²) < 4.78 is 0. The lowest BCUT2D eigenvalue weighted by atomic mass is 9.63. The zero-order valence-electron chi connectivity index (χ0n) is 30.6. The van der Waals surface area contributed by atoms with Gasteiger partial charge in [0.05, 0.1) is 0 Å². The third-order valence-electron chi connectivity index (χ3n) is 10.9. The van der Waals surface area contributed by atoms with Crippen molar-refractivity contribution in [3.8, 4) is 22.3 Å². The van der Waals surface area contributed by atoms with E-state index in [-0.39, 0.29) is 10.8 Å². The van der Waals surface area contributed by atoms with Crippen LogP contribution in [0.3, 0.4) is 0 Å². The zero-order valence-corrected chi connectivity index (χ0v) is 30.6. The Labute approximate surface area is 309 Å². The fraction of sp³-hybridized carbons (Fsp3) is 0.160. The van der Waals surface area contributed by atoms with E-state index in [1.165, 1.54) is 51.9 Å². The van der Waals surface area contributed by atoms with Crippen molar-refractivity contribution >= 4 is 34.1 Å². The predicted octanol–water partition coefficient (Wildman–Crippen LogP) is 14.3. The molecule has 256 valence electrons. The normalized spacial score (nSPS) is 14.3. The van der Waals surface area contributed by atoms with Crippen LogP contribution in [0, 0.1) is 0 Å². The Hall–Kier alpha value is -5.86. The molecule has 0 aliphatic heterocycles. The molecule has 0 saturated heterocycles. The lowest BCUT2D eigenvalue weighted by molar-refractivity contribution is 0.332. The van der Waals surface area contributed by atoms with Crippen LogP contribution in [0.25, 0.3) is 22.3 Å². The maximum atomic E-state index is 2.46. The molecular weight excluding hydrogens is 629 g/mol. The summed E-state index contributed by atoms with van der Waals surface area (Å²) in [6, 6.07) is 65.9. The van der Waals surface area contributed by atoms with E-state index in [4.69, 9.17) is 0 Å². The minimum absolute atomic E-state index is 0.112. The molecule has 0 atom stereocenters. The van der Waals surface area contributed by atoms with Gasteiger partial charge in [-0.05, 0) is 130 Å². The second-order valence-electron chi connectivity index (χ2n) is 15.3. The molecule has 0 N–H and O–H groups in total.